The maximum atomic E-state index is 13.6. The Morgan fingerprint density at radius 3 is 2.50 bits per heavy atom. The van der Waals surface area contributed by atoms with Crippen molar-refractivity contribution in [3.05, 3.63) is 76.3 Å². The Labute approximate surface area is 214 Å². The number of benzene rings is 3. The predicted octanol–water partition coefficient (Wildman–Crippen LogP) is 5.14. The third-order valence-corrected chi connectivity index (χ3v) is 7.49. The van der Waals surface area contributed by atoms with Crippen molar-refractivity contribution < 1.29 is 26.7 Å². The number of rotatable bonds is 8. The number of halogens is 3. The number of amides is 1. The van der Waals surface area contributed by atoms with Gasteiger partial charge in [-0.2, -0.15) is 5.10 Å². The number of nitrogens with zero attached hydrogens (tertiary/aromatic N) is 1. The standard InChI is InChI=1S/C24H21BrF2N4O4S/c1-13(12-35-2)28-22-7-14(25)3-5-19(22)24(32)29-23-20-11-17(4-6-21(20)30-31-23)36(33,34)18-9-15(26)8-16(27)10-18/h3-11,13,28H,12H2,1-2H3,(H2,29,30,31,32)/t13-/m1/s1. The Morgan fingerprint density at radius 1 is 1.08 bits per heavy atom. The molecule has 0 bridgehead atoms. The Morgan fingerprint density at radius 2 is 1.81 bits per heavy atom. The number of aromatic amines is 1. The molecule has 0 fully saturated rings. The topological polar surface area (TPSA) is 113 Å². The summed E-state index contributed by atoms with van der Waals surface area (Å²) >= 11 is 3.40. The highest BCUT2D eigenvalue weighted by Gasteiger charge is 2.22. The van der Waals surface area contributed by atoms with E-state index in [0.717, 1.165) is 16.6 Å². The number of hydrogen-bond acceptors (Lipinski definition) is 6. The van der Waals surface area contributed by atoms with Gasteiger partial charge in [-0.05, 0) is 55.5 Å². The summed E-state index contributed by atoms with van der Waals surface area (Å²) in [7, 11) is -2.66. The minimum Gasteiger partial charge on any atom is -0.383 e. The zero-order valence-electron chi connectivity index (χ0n) is 19.1. The first kappa shape index (κ1) is 25.7. The quantitative estimate of drug-likeness (QED) is 0.267. The number of fused-ring (bicyclic) bond motifs is 1. The zero-order valence-corrected chi connectivity index (χ0v) is 21.5. The van der Waals surface area contributed by atoms with E-state index in [4.69, 9.17) is 4.74 Å². The summed E-state index contributed by atoms with van der Waals surface area (Å²) in [6.45, 7) is 2.32. The minimum absolute atomic E-state index is 0.0810. The number of ether oxygens (including phenoxy) is 1. The molecule has 0 saturated carbocycles. The van der Waals surface area contributed by atoms with Crippen LogP contribution in [0.3, 0.4) is 0 Å². The van der Waals surface area contributed by atoms with Crippen molar-refractivity contribution in [3.8, 4) is 0 Å². The molecule has 3 N–H and O–H groups in total. The summed E-state index contributed by atoms with van der Waals surface area (Å²) in [4.78, 5) is 12.4. The smallest absolute Gasteiger partial charge is 0.258 e. The fourth-order valence-electron chi connectivity index (χ4n) is 3.64. The SMILES string of the molecule is COC[C@@H](C)Nc1cc(Br)ccc1C(=O)Nc1n[nH]c2ccc(S(=O)(=O)c3cc(F)cc(F)c3)cc12. The number of nitrogens with one attached hydrogen (secondary N) is 3. The fourth-order valence-corrected chi connectivity index (χ4v) is 5.33. The minimum atomic E-state index is -4.24. The molecule has 1 amide bonds. The Balaban J connectivity index is 1.68. The summed E-state index contributed by atoms with van der Waals surface area (Å²) < 4.78 is 59.2. The summed E-state index contributed by atoms with van der Waals surface area (Å²) in [5.41, 5.74) is 1.34. The van der Waals surface area contributed by atoms with E-state index >= 15 is 0 Å². The highest BCUT2D eigenvalue weighted by Crippen LogP contribution is 2.29. The molecule has 0 saturated heterocycles. The lowest BCUT2D eigenvalue weighted by atomic mass is 10.1. The highest BCUT2D eigenvalue weighted by molar-refractivity contribution is 9.10. The van der Waals surface area contributed by atoms with Crippen molar-refractivity contribution in [1.29, 1.82) is 0 Å². The van der Waals surface area contributed by atoms with E-state index in [1.807, 2.05) is 6.92 Å². The van der Waals surface area contributed by atoms with Gasteiger partial charge in [-0.25, -0.2) is 17.2 Å². The molecule has 0 radical (unpaired) electrons. The van der Waals surface area contributed by atoms with Crippen LogP contribution in [0.5, 0.6) is 0 Å². The van der Waals surface area contributed by atoms with E-state index in [1.165, 1.54) is 18.2 Å². The van der Waals surface area contributed by atoms with Crippen molar-refractivity contribution in [3.63, 3.8) is 0 Å². The first-order chi connectivity index (χ1) is 17.1. The number of anilines is 2. The Hall–Kier alpha value is -3.35. The number of aromatic nitrogens is 2. The lowest BCUT2D eigenvalue weighted by Crippen LogP contribution is -2.23. The maximum absolute atomic E-state index is 13.6. The van der Waals surface area contributed by atoms with Crippen LogP contribution in [0.15, 0.2) is 68.9 Å². The van der Waals surface area contributed by atoms with Crippen LogP contribution < -0.4 is 10.6 Å². The van der Waals surface area contributed by atoms with E-state index in [2.05, 4.69) is 36.8 Å². The summed E-state index contributed by atoms with van der Waals surface area (Å²) in [5, 5.41) is 13.1. The second kappa shape index (κ2) is 10.3. The van der Waals surface area contributed by atoms with Crippen molar-refractivity contribution >= 4 is 54.1 Å². The predicted molar refractivity (Wildman–Crippen MR) is 135 cm³/mol. The van der Waals surface area contributed by atoms with Gasteiger partial charge in [-0.1, -0.05) is 15.9 Å². The lowest BCUT2D eigenvalue weighted by Gasteiger charge is -2.17. The molecule has 0 unspecified atom stereocenters. The van der Waals surface area contributed by atoms with Crippen molar-refractivity contribution in [2.45, 2.75) is 22.8 Å². The zero-order chi connectivity index (χ0) is 26.0. The number of carbonyl (C=O) groups excluding carboxylic acids is 1. The number of hydrogen-bond donors (Lipinski definition) is 3. The van der Waals surface area contributed by atoms with Gasteiger partial charge < -0.3 is 15.4 Å². The van der Waals surface area contributed by atoms with Crippen LogP contribution in [0.1, 0.15) is 17.3 Å². The van der Waals surface area contributed by atoms with Gasteiger partial charge in [-0.3, -0.25) is 9.89 Å². The highest BCUT2D eigenvalue weighted by atomic mass is 79.9. The number of sulfone groups is 1. The van der Waals surface area contributed by atoms with E-state index in [0.29, 0.717) is 34.8 Å². The molecule has 0 spiro atoms. The molecule has 0 aliphatic rings. The van der Waals surface area contributed by atoms with Gasteiger partial charge in [0.1, 0.15) is 11.6 Å². The summed E-state index contributed by atoms with van der Waals surface area (Å²) in [6.07, 6.45) is 0. The van der Waals surface area contributed by atoms with Crippen LogP contribution in [0.4, 0.5) is 20.3 Å². The van der Waals surface area contributed by atoms with Crippen molar-refractivity contribution in [1.82, 2.24) is 10.2 Å². The molecule has 188 valence electrons. The fraction of sp³-hybridized carbons (Fsp3) is 0.167. The molecule has 12 heteroatoms. The molecular weight excluding hydrogens is 558 g/mol. The molecule has 4 rings (SSSR count). The monoisotopic (exact) mass is 578 g/mol. The van der Waals surface area contributed by atoms with E-state index in [1.54, 1.807) is 25.3 Å². The third-order valence-electron chi connectivity index (χ3n) is 5.27. The third kappa shape index (κ3) is 5.40. The van der Waals surface area contributed by atoms with Crippen LogP contribution in [0, 0.1) is 11.6 Å². The van der Waals surface area contributed by atoms with Gasteiger partial charge >= 0.3 is 0 Å². The molecule has 0 aliphatic heterocycles. The Kier molecular flexibility index (Phi) is 7.38. The summed E-state index contributed by atoms with van der Waals surface area (Å²) in [5.74, 6) is -2.41. The second-order valence-electron chi connectivity index (χ2n) is 8.03. The molecule has 1 heterocycles. The normalized spacial score (nSPS) is 12.5. The molecule has 4 aromatic rings. The number of carbonyl (C=O) groups is 1. The first-order valence-electron chi connectivity index (χ1n) is 10.6. The van der Waals surface area contributed by atoms with Gasteiger partial charge in [-0.15, -0.1) is 0 Å². The van der Waals surface area contributed by atoms with E-state index in [9.17, 15) is 22.0 Å². The largest absolute Gasteiger partial charge is 0.383 e. The molecule has 1 aromatic heterocycles. The summed E-state index contributed by atoms with van der Waals surface area (Å²) in [6, 6.07) is 11.1. The number of H-pyrrole nitrogens is 1. The van der Waals surface area contributed by atoms with Crippen LogP contribution in [-0.4, -0.2) is 44.3 Å². The van der Waals surface area contributed by atoms with Gasteiger partial charge in [0.25, 0.3) is 5.91 Å². The van der Waals surface area contributed by atoms with E-state index in [-0.39, 0.29) is 16.8 Å². The first-order valence-corrected chi connectivity index (χ1v) is 12.9. The van der Waals surface area contributed by atoms with Gasteiger partial charge in [0.15, 0.2) is 5.82 Å². The molecule has 36 heavy (non-hydrogen) atoms. The van der Waals surface area contributed by atoms with Crippen LogP contribution in [-0.2, 0) is 14.6 Å². The molecule has 1 atom stereocenters. The average molecular weight is 579 g/mol. The van der Waals surface area contributed by atoms with Crippen LogP contribution in [0.2, 0.25) is 0 Å². The molecule has 0 aliphatic carbocycles. The second-order valence-corrected chi connectivity index (χ2v) is 10.9. The average Bonchev–Trinajstić information content (AvgIpc) is 3.20. The van der Waals surface area contributed by atoms with Gasteiger partial charge in [0.05, 0.1) is 27.5 Å². The van der Waals surface area contributed by atoms with Crippen molar-refractivity contribution in [2.24, 2.45) is 0 Å². The molecular formula is C24H21BrF2N4O4S. The molecule has 3 aromatic carbocycles. The van der Waals surface area contributed by atoms with Crippen LogP contribution >= 0.6 is 15.9 Å². The lowest BCUT2D eigenvalue weighted by molar-refractivity contribution is 0.102. The maximum Gasteiger partial charge on any atom is 0.258 e. The van der Waals surface area contributed by atoms with Gasteiger partial charge in [0.2, 0.25) is 9.84 Å². The molecule has 8 nitrogen and oxygen atoms in total. The number of methoxy groups -OCH3 is 1. The Bertz CT molecular complexity index is 1540. The van der Waals surface area contributed by atoms with Crippen LogP contribution in [0.25, 0.3) is 10.9 Å². The van der Waals surface area contributed by atoms with E-state index < -0.39 is 32.3 Å². The van der Waals surface area contributed by atoms with Crippen molar-refractivity contribution in [2.75, 3.05) is 24.4 Å². The van der Waals surface area contributed by atoms with Gasteiger partial charge in [0, 0.05) is 34.8 Å².